The number of halogens is 1. The molecule has 2 rings (SSSR count). The van der Waals surface area contributed by atoms with Gasteiger partial charge in [0, 0.05) is 17.3 Å². The van der Waals surface area contributed by atoms with Crippen molar-refractivity contribution in [2.24, 2.45) is 5.92 Å². The summed E-state index contributed by atoms with van der Waals surface area (Å²) >= 11 is 7.17. The van der Waals surface area contributed by atoms with Crippen LogP contribution in [0.1, 0.15) is 29.8 Å². The zero-order chi connectivity index (χ0) is 10.7. The Bertz CT molecular complexity index is 330. The fourth-order valence-corrected chi connectivity index (χ4v) is 2.60. The van der Waals surface area contributed by atoms with E-state index in [1.165, 1.54) is 11.5 Å². The highest BCUT2D eigenvalue weighted by Crippen LogP contribution is 2.28. The van der Waals surface area contributed by atoms with E-state index in [-0.39, 0.29) is 11.3 Å². The molecule has 1 N–H and O–H groups in total. The van der Waals surface area contributed by atoms with Crippen molar-refractivity contribution in [3.63, 3.8) is 0 Å². The summed E-state index contributed by atoms with van der Waals surface area (Å²) in [6.07, 6.45) is 3.15. The van der Waals surface area contributed by atoms with Gasteiger partial charge in [-0.05, 0) is 36.7 Å². The lowest BCUT2D eigenvalue weighted by Gasteiger charge is -2.09. The van der Waals surface area contributed by atoms with Gasteiger partial charge in [0.25, 0.3) is 5.91 Å². The number of carbonyl (C=O) groups is 1. The molecular weight excluding hydrogens is 234 g/mol. The molecule has 1 aromatic rings. The van der Waals surface area contributed by atoms with Gasteiger partial charge in [-0.15, -0.1) is 16.7 Å². The molecule has 15 heavy (non-hydrogen) atoms. The van der Waals surface area contributed by atoms with Gasteiger partial charge in [0.15, 0.2) is 5.69 Å². The average Bonchev–Trinajstić information content (AvgIpc) is 2.84. The summed E-state index contributed by atoms with van der Waals surface area (Å²) in [6.45, 7) is 0.694. The van der Waals surface area contributed by atoms with E-state index in [4.69, 9.17) is 11.6 Å². The van der Waals surface area contributed by atoms with Gasteiger partial charge in [0.2, 0.25) is 0 Å². The van der Waals surface area contributed by atoms with Crippen LogP contribution in [0, 0.1) is 5.92 Å². The third-order valence-electron chi connectivity index (χ3n) is 2.62. The van der Waals surface area contributed by atoms with Crippen LogP contribution in [0.15, 0.2) is 5.38 Å². The van der Waals surface area contributed by atoms with Gasteiger partial charge < -0.3 is 5.32 Å². The number of hydrogen-bond acceptors (Lipinski definition) is 4. The van der Waals surface area contributed by atoms with Gasteiger partial charge >= 0.3 is 0 Å². The Balaban J connectivity index is 1.76. The first kappa shape index (κ1) is 10.8. The minimum Gasteiger partial charge on any atom is -0.350 e. The Labute approximate surface area is 97.2 Å². The second-order valence-electron chi connectivity index (χ2n) is 3.78. The lowest BCUT2D eigenvalue weighted by molar-refractivity contribution is 0.0942. The second kappa shape index (κ2) is 4.90. The van der Waals surface area contributed by atoms with Crippen LogP contribution < -0.4 is 5.32 Å². The summed E-state index contributed by atoms with van der Waals surface area (Å²) in [4.78, 5) is 11.5. The zero-order valence-electron chi connectivity index (χ0n) is 8.15. The average molecular weight is 246 g/mol. The molecule has 6 heteroatoms. The molecule has 1 heterocycles. The molecule has 0 aliphatic heterocycles. The van der Waals surface area contributed by atoms with Crippen molar-refractivity contribution in [3.8, 4) is 0 Å². The fourth-order valence-electron chi connectivity index (χ4n) is 1.79. The highest BCUT2D eigenvalue weighted by atomic mass is 35.5. The van der Waals surface area contributed by atoms with Gasteiger partial charge in [0.1, 0.15) is 0 Å². The quantitative estimate of drug-likeness (QED) is 0.825. The number of amides is 1. The van der Waals surface area contributed by atoms with Crippen molar-refractivity contribution in [3.05, 3.63) is 11.1 Å². The van der Waals surface area contributed by atoms with Crippen LogP contribution in [0.4, 0.5) is 0 Å². The van der Waals surface area contributed by atoms with Gasteiger partial charge in [-0.1, -0.05) is 4.49 Å². The van der Waals surface area contributed by atoms with Crippen molar-refractivity contribution in [2.45, 2.75) is 24.6 Å². The molecule has 2 atom stereocenters. The smallest absolute Gasteiger partial charge is 0.272 e. The Morgan fingerprint density at radius 2 is 2.53 bits per heavy atom. The molecule has 0 radical (unpaired) electrons. The zero-order valence-corrected chi connectivity index (χ0v) is 9.72. The van der Waals surface area contributed by atoms with Crippen LogP contribution in [0.25, 0.3) is 0 Å². The van der Waals surface area contributed by atoms with Crippen molar-refractivity contribution >= 4 is 29.0 Å². The molecular formula is C9H12ClN3OS. The van der Waals surface area contributed by atoms with E-state index in [1.807, 2.05) is 0 Å². The van der Waals surface area contributed by atoms with Crippen molar-refractivity contribution in [1.82, 2.24) is 14.9 Å². The molecule has 2 unspecified atom stereocenters. The number of nitrogens with one attached hydrogen (secondary N) is 1. The van der Waals surface area contributed by atoms with Gasteiger partial charge in [-0.25, -0.2) is 0 Å². The highest BCUT2D eigenvalue weighted by molar-refractivity contribution is 7.03. The van der Waals surface area contributed by atoms with Crippen LogP contribution >= 0.6 is 23.1 Å². The van der Waals surface area contributed by atoms with Gasteiger partial charge in [-0.3, -0.25) is 4.79 Å². The maximum absolute atomic E-state index is 11.5. The highest BCUT2D eigenvalue weighted by Gasteiger charge is 2.23. The first-order chi connectivity index (χ1) is 7.25. The van der Waals surface area contributed by atoms with Crippen LogP contribution in [0.3, 0.4) is 0 Å². The van der Waals surface area contributed by atoms with E-state index in [0.29, 0.717) is 18.2 Å². The number of alkyl halides is 1. The Kier molecular flexibility index (Phi) is 3.53. The van der Waals surface area contributed by atoms with Gasteiger partial charge in [-0.2, -0.15) is 0 Å². The minimum absolute atomic E-state index is 0.137. The Morgan fingerprint density at radius 3 is 3.13 bits per heavy atom. The topological polar surface area (TPSA) is 54.9 Å². The van der Waals surface area contributed by atoms with E-state index >= 15 is 0 Å². The molecule has 1 saturated carbocycles. The standard InChI is InChI=1S/C9H12ClN3OS/c10-7-2-1-6(3-7)4-11-9(14)8-5-15-13-12-8/h5-7H,1-4H2,(H,11,14). The maximum Gasteiger partial charge on any atom is 0.272 e. The molecule has 1 aliphatic carbocycles. The van der Waals surface area contributed by atoms with E-state index < -0.39 is 0 Å². The third-order valence-corrected chi connectivity index (χ3v) is 3.52. The molecule has 0 spiro atoms. The largest absolute Gasteiger partial charge is 0.350 e. The number of hydrogen-bond donors (Lipinski definition) is 1. The van der Waals surface area contributed by atoms with Crippen molar-refractivity contribution in [1.29, 1.82) is 0 Å². The number of nitrogens with zero attached hydrogens (tertiary/aromatic N) is 2. The fraction of sp³-hybridized carbons (Fsp3) is 0.667. The van der Waals surface area contributed by atoms with Crippen LogP contribution in [0.2, 0.25) is 0 Å². The van der Waals surface area contributed by atoms with Crippen LogP contribution in [0.5, 0.6) is 0 Å². The number of carbonyl (C=O) groups excluding carboxylic acids is 1. The minimum atomic E-state index is -0.137. The maximum atomic E-state index is 11.5. The normalized spacial score (nSPS) is 25.4. The summed E-state index contributed by atoms with van der Waals surface area (Å²) < 4.78 is 3.64. The molecule has 0 bridgehead atoms. The first-order valence-electron chi connectivity index (χ1n) is 4.95. The Hall–Kier alpha value is -0.680. The molecule has 1 aliphatic rings. The van der Waals surface area contributed by atoms with Crippen molar-refractivity contribution < 1.29 is 4.79 Å². The van der Waals surface area contributed by atoms with E-state index in [2.05, 4.69) is 14.9 Å². The third kappa shape index (κ3) is 2.89. The van der Waals surface area contributed by atoms with Crippen molar-refractivity contribution in [2.75, 3.05) is 6.54 Å². The molecule has 1 aromatic heterocycles. The molecule has 4 nitrogen and oxygen atoms in total. The van der Waals surface area contributed by atoms with E-state index in [1.54, 1.807) is 5.38 Å². The molecule has 0 saturated heterocycles. The van der Waals surface area contributed by atoms with Gasteiger partial charge in [0.05, 0.1) is 0 Å². The molecule has 82 valence electrons. The molecule has 0 aromatic carbocycles. The summed E-state index contributed by atoms with van der Waals surface area (Å²) in [5.41, 5.74) is 0.403. The monoisotopic (exact) mass is 245 g/mol. The summed E-state index contributed by atoms with van der Waals surface area (Å²) in [5.74, 6) is 0.379. The second-order valence-corrected chi connectivity index (χ2v) is 5.00. The number of rotatable bonds is 3. The summed E-state index contributed by atoms with van der Waals surface area (Å²) in [7, 11) is 0. The number of aromatic nitrogens is 2. The molecule has 1 amide bonds. The first-order valence-corrected chi connectivity index (χ1v) is 6.22. The van der Waals surface area contributed by atoms with Crippen LogP contribution in [-0.4, -0.2) is 27.4 Å². The predicted octanol–water partition coefficient (Wildman–Crippen LogP) is 1.68. The SMILES string of the molecule is O=C(NCC1CCC(Cl)C1)c1csnn1. The predicted molar refractivity (Wildman–Crippen MR) is 59.2 cm³/mol. The summed E-state index contributed by atoms with van der Waals surface area (Å²) in [6, 6.07) is 0. The van der Waals surface area contributed by atoms with Crippen LogP contribution in [-0.2, 0) is 0 Å². The van der Waals surface area contributed by atoms with E-state index in [9.17, 15) is 4.79 Å². The van der Waals surface area contributed by atoms with E-state index in [0.717, 1.165) is 19.3 Å². The summed E-state index contributed by atoms with van der Waals surface area (Å²) in [5, 5.41) is 8.49. The Morgan fingerprint density at radius 1 is 1.67 bits per heavy atom. The lowest BCUT2D eigenvalue weighted by atomic mass is 10.1. The molecule has 1 fully saturated rings. The lowest BCUT2D eigenvalue weighted by Crippen LogP contribution is -2.28.